The highest BCUT2D eigenvalue weighted by molar-refractivity contribution is 6.00. The molecule has 0 saturated heterocycles. The standard InChI is InChI=1S/C35H29F4N5O5/c1-32(31(46)44-33(16-40)10-11-33)18-48-29-24(32)15-26(43-28(29)19-4-6-22(36)7-5-19)34(47,35(37,38)39)17-42-30(45)21-13-20-3-2-12-41-27(20)25(14-21)49-23-8-9-23/h2-7,12-15,23,47H,8-11,17-18H2,1H3,(H,42,45)(H,44,46)/t32-,34-/m0/s1. The van der Waals surface area contributed by atoms with E-state index >= 15 is 0 Å². The van der Waals surface area contributed by atoms with E-state index in [1.165, 1.54) is 31.2 Å². The molecule has 3 heterocycles. The molecule has 2 aliphatic carbocycles. The number of alkyl halides is 3. The lowest BCUT2D eigenvalue weighted by atomic mass is 9.81. The Balaban J connectivity index is 1.28. The molecule has 49 heavy (non-hydrogen) atoms. The summed E-state index contributed by atoms with van der Waals surface area (Å²) >= 11 is 0. The first-order valence-electron chi connectivity index (χ1n) is 15.6. The second kappa shape index (κ2) is 11.4. The molecule has 0 spiro atoms. The van der Waals surface area contributed by atoms with E-state index in [4.69, 9.17) is 9.47 Å². The molecule has 2 aromatic heterocycles. The molecule has 0 radical (unpaired) electrons. The van der Waals surface area contributed by atoms with Crippen LogP contribution in [0.15, 0.2) is 60.8 Å². The average Bonchev–Trinajstić information content (AvgIpc) is 4.02. The number of aromatic nitrogens is 2. The highest BCUT2D eigenvalue weighted by Gasteiger charge is 2.58. The van der Waals surface area contributed by atoms with Gasteiger partial charge in [-0.2, -0.15) is 18.4 Å². The molecule has 2 fully saturated rings. The summed E-state index contributed by atoms with van der Waals surface area (Å²) in [6.45, 7) is -0.211. The minimum absolute atomic E-state index is 0.0151. The number of nitrogens with zero attached hydrogens (tertiary/aromatic N) is 3. The van der Waals surface area contributed by atoms with Crippen LogP contribution in [0, 0.1) is 17.1 Å². The molecule has 7 rings (SSSR count). The molecule has 252 valence electrons. The number of nitrogens with one attached hydrogen (secondary N) is 2. The zero-order valence-corrected chi connectivity index (χ0v) is 26.0. The second-order valence-corrected chi connectivity index (χ2v) is 12.9. The maximum atomic E-state index is 15.0. The van der Waals surface area contributed by atoms with Crippen molar-refractivity contribution in [2.45, 2.75) is 61.4 Å². The fourth-order valence-electron chi connectivity index (χ4n) is 5.72. The Morgan fingerprint density at radius 3 is 2.53 bits per heavy atom. The lowest BCUT2D eigenvalue weighted by Gasteiger charge is -2.32. The Hall–Kier alpha value is -5.29. The number of halogens is 4. The van der Waals surface area contributed by atoms with Crippen LogP contribution >= 0.6 is 0 Å². The molecule has 1 aliphatic heterocycles. The minimum atomic E-state index is -5.38. The molecule has 3 aliphatic rings. The maximum absolute atomic E-state index is 15.0. The van der Waals surface area contributed by atoms with Gasteiger partial charge in [0.15, 0.2) is 0 Å². The number of pyridine rings is 2. The number of ether oxygens (including phenoxy) is 2. The summed E-state index contributed by atoms with van der Waals surface area (Å²) < 4.78 is 70.5. The van der Waals surface area contributed by atoms with Crippen molar-refractivity contribution >= 4 is 22.7 Å². The zero-order chi connectivity index (χ0) is 34.8. The molecule has 0 unspecified atom stereocenters. The lowest BCUT2D eigenvalue weighted by molar-refractivity contribution is -0.265. The topological polar surface area (TPSA) is 146 Å². The smallest absolute Gasteiger partial charge is 0.424 e. The number of carbonyl (C=O) groups is 2. The van der Waals surface area contributed by atoms with E-state index in [0.29, 0.717) is 29.5 Å². The number of fused-ring (bicyclic) bond motifs is 2. The number of aliphatic hydroxyl groups is 1. The molecule has 2 amide bonds. The first kappa shape index (κ1) is 32.3. The zero-order valence-electron chi connectivity index (χ0n) is 26.0. The summed E-state index contributed by atoms with van der Waals surface area (Å²) in [6, 6.07) is 13.9. The first-order valence-corrected chi connectivity index (χ1v) is 15.6. The van der Waals surface area contributed by atoms with Crippen molar-refractivity contribution in [2.24, 2.45) is 0 Å². The molecular formula is C35H29F4N5O5. The Bertz CT molecular complexity index is 2040. The normalized spacial score (nSPS) is 20.3. The lowest BCUT2D eigenvalue weighted by Crippen LogP contribution is -2.52. The molecule has 2 aromatic carbocycles. The Morgan fingerprint density at radius 2 is 1.88 bits per heavy atom. The second-order valence-electron chi connectivity index (χ2n) is 12.9. The van der Waals surface area contributed by atoms with Gasteiger partial charge in [-0.3, -0.25) is 14.6 Å². The monoisotopic (exact) mass is 675 g/mol. The van der Waals surface area contributed by atoms with Gasteiger partial charge in [-0.15, -0.1) is 0 Å². The number of hydrogen-bond donors (Lipinski definition) is 3. The summed E-state index contributed by atoms with van der Waals surface area (Å²) in [6.07, 6.45) is -1.40. The molecule has 2 saturated carbocycles. The van der Waals surface area contributed by atoms with E-state index in [9.17, 15) is 37.5 Å². The largest absolute Gasteiger partial charge is 0.489 e. The number of rotatable bonds is 9. The fourth-order valence-corrected chi connectivity index (χ4v) is 5.72. The highest BCUT2D eigenvalue weighted by atomic mass is 19.4. The van der Waals surface area contributed by atoms with Crippen LogP contribution in [0.1, 0.15) is 54.2 Å². The van der Waals surface area contributed by atoms with Crippen LogP contribution in [0.2, 0.25) is 0 Å². The average molecular weight is 676 g/mol. The van der Waals surface area contributed by atoms with Crippen LogP contribution in [-0.4, -0.2) is 57.9 Å². The van der Waals surface area contributed by atoms with Gasteiger partial charge in [-0.05, 0) is 81.1 Å². The van der Waals surface area contributed by atoms with Gasteiger partial charge in [0.25, 0.3) is 5.91 Å². The fraction of sp³-hybridized carbons (Fsp3) is 0.343. The number of hydrogen-bond acceptors (Lipinski definition) is 8. The van der Waals surface area contributed by atoms with Gasteiger partial charge in [0.2, 0.25) is 11.5 Å². The van der Waals surface area contributed by atoms with Crippen molar-refractivity contribution in [3.63, 3.8) is 0 Å². The Labute approximate surface area is 277 Å². The minimum Gasteiger partial charge on any atom is -0.489 e. The van der Waals surface area contributed by atoms with Crippen LogP contribution in [0.4, 0.5) is 17.6 Å². The van der Waals surface area contributed by atoms with Crippen LogP contribution in [0.25, 0.3) is 22.2 Å². The van der Waals surface area contributed by atoms with Crippen LogP contribution < -0.4 is 20.1 Å². The van der Waals surface area contributed by atoms with Crippen LogP contribution in [0.3, 0.4) is 0 Å². The Kier molecular flexibility index (Phi) is 7.51. The molecule has 4 aromatic rings. The SMILES string of the molecule is C[C@]1(C(=O)NC2(C#N)CC2)COc2c1cc([C@@](O)(CNC(=O)c1cc(OC3CC3)c3ncccc3c1)C(F)(F)F)nc2-c1ccc(F)cc1. The molecule has 3 N–H and O–H groups in total. The van der Waals surface area contributed by atoms with Gasteiger partial charge in [-0.25, -0.2) is 9.37 Å². The highest BCUT2D eigenvalue weighted by Crippen LogP contribution is 2.48. The van der Waals surface area contributed by atoms with Gasteiger partial charge < -0.3 is 25.2 Å². The van der Waals surface area contributed by atoms with Gasteiger partial charge in [-0.1, -0.05) is 6.07 Å². The third-order valence-electron chi connectivity index (χ3n) is 9.16. The third-order valence-corrected chi connectivity index (χ3v) is 9.16. The maximum Gasteiger partial charge on any atom is 0.424 e. The van der Waals surface area contributed by atoms with Crippen LogP contribution in [0.5, 0.6) is 11.5 Å². The summed E-state index contributed by atoms with van der Waals surface area (Å²) in [4.78, 5) is 35.5. The van der Waals surface area contributed by atoms with E-state index in [1.54, 1.807) is 18.3 Å². The van der Waals surface area contributed by atoms with Crippen molar-refractivity contribution in [3.05, 3.63) is 83.4 Å². The van der Waals surface area contributed by atoms with Crippen molar-refractivity contribution in [2.75, 3.05) is 13.2 Å². The van der Waals surface area contributed by atoms with E-state index in [1.807, 2.05) is 0 Å². The van der Waals surface area contributed by atoms with Crippen molar-refractivity contribution in [1.82, 2.24) is 20.6 Å². The summed E-state index contributed by atoms with van der Waals surface area (Å²) in [5.74, 6) is -1.92. The predicted molar refractivity (Wildman–Crippen MR) is 166 cm³/mol. The molecule has 2 atom stereocenters. The van der Waals surface area contributed by atoms with Crippen molar-refractivity contribution < 1.29 is 41.7 Å². The summed E-state index contributed by atoms with van der Waals surface area (Å²) in [5.41, 5.74) is -6.94. The number of benzene rings is 2. The molecule has 14 heteroatoms. The molecular weight excluding hydrogens is 646 g/mol. The van der Waals surface area contributed by atoms with Crippen molar-refractivity contribution in [3.8, 4) is 28.8 Å². The van der Waals surface area contributed by atoms with E-state index in [0.717, 1.165) is 31.0 Å². The number of amides is 2. The first-order chi connectivity index (χ1) is 23.2. The molecule has 0 bridgehead atoms. The summed E-state index contributed by atoms with van der Waals surface area (Å²) in [7, 11) is 0. The van der Waals surface area contributed by atoms with E-state index < -0.39 is 52.6 Å². The van der Waals surface area contributed by atoms with E-state index in [2.05, 4.69) is 26.7 Å². The Morgan fingerprint density at radius 1 is 1.14 bits per heavy atom. The van der Waals surface area contributed by atoms with Crippen molar-refractivity contribution in [1.29, 1.82) is 5.26 Å². The van der Waals surface area contributed by atoms with Crippen LogP contribution in [-0.2, 0) is 15.8 Å². The number of nitriles is 1. The van der Waals surface area contributed by atoms with Gasteiger partial charge in [0.05, 0.1) is 24.4 Å². The summed E-state index contributed by atoms with van der Waals surface area (Å²) in [5, 5.41) is 26.4. The van der Waals surface area contributed by atoms with Gasteiger partial charge >= 0.3 is 6.18 Å². The third kappa shape index (κ3) is 5.78. The van der Waals surface area contributed by atoms with E-state index in [-0.39, 0.29) is 40.8 Å². The quantitative estimate of drug-likeness (QED) is 0.211. The predicted octanol–water partition coefficient (Wildman–Crippen LogP) is 4.98. The molecule has 10 nitrogen and oxygen atoms in total. The number of carbonyl (C=O) groups excluding carboxylic acids is 2. The van der Waals surface area contributed by atoms with Gasteiger partial charge in [0, 0.05) is 28.3 Å². The van der Waals surface area contributed by atoms with Gasteiger partial charge in [0.1, 0.15) is 46.1 Å².